The molecule has 0 aliphatic carbocycles. The maximum Gasteiger partial charge on any atom is 0.0795 e. The summed E-state index contributed by atoms with van der Waals surface area (Å²) in [5.41, 5.74) is 5.29. The summed E-state index contributed by atoms with van der Waals surface area (Å²) in [5, 5.41) is 5.41. The van der Waals surface area contributed by atoms with E-state index in [4.69, 9.17) is 0 Å². The van der Waals surface area contributed by atoms with E-state index < -0.39 is 0 Å². The Labute approximate surface area is 101 Å². The smallest absolute Gasteiger partial charge is 0.0795 e. The van der Waals surface area contributed by atoms with E-state index in [1.54, 1.807) is 11.3 Å². The lowest BCUT2D eigenvalue weighted by Crippen LogP contribution is -2.00. The van der Waals surface area contributed by atoms with Crippen LogP contribution in [0.15, 0.2) is 33.6 Å². The molecule has 2 aromatic rings. The molecule has 4 heteroatoms. The van der Waals surface area contributed by atoms with Crippen molar-refractivity contribution in [1.82, 2.24) is 4.98 Å². The SMILES string of the molecule is Cc1ccc(Br)c(NCc2cscn2)c1. The minimum absolute atomic E-state index is 0.769. The molecule has 1 aromatic heterocycles. The zero-order valence-electron chi connectivity index (χ0n) is 8.33. The fourth-order valence-electron chi connectivity index (χ4n) is 1.29. The fraction of sp³-hybridized carbons (Fsp3) is 0.182. The van der Waals surface area contributed by atoms with Crippen LogP contribution in [0.2, 0.25) is 0 Å². The Hall–Kier alpha value is -0.870. The number of anilines is 1. The average molecular weight is 283 g/mol. The van der Waals surface area contributed by atoms with Crippen molar-refractivity contribution in [3.8, 4) is 0 Å². The first-order valence-corrected chi connectivity index (χ1v) is 6.36. The summed E-state index contributed by atoms with van der Waals surface area (Å²) < 4.78 is 1.09. The van der Waals surface area contributed by atoms with Crippen molar-refractivity contribution in [2.75, 3.05) is 5.32 Å². The molecule has 15 heavy (non-hydrogen) atoms. The molecule has 0 radical (unpaired) electrons. The number of nitrogens with one attached hydrogen (secondary N) is 1. The van der Waals surface area contributed by atoms with Gasteiger partial charge in [0.1, 0.15) is 0 Å². The molecule has 2 rings (SSSR count). The molecule has 0 atom stereocenters. The molecule has 0 saturated carbocycles. The summed E-state index contributed by atoms with van der Waals surface area (Å²) in [4.78, 5) is 4.22. The van der Waals surface area contributed by atoms with Crippen LogP contribution in [0.3, 0.4) is 0 Å². The quantitative estimate of drug-likeness (QED) is 0.926. The molecule has 0 aliphatic heterocycles. The van der Waals surface area contributed by atoms with Gasteiger partial charge in [0.15, 0.2) is 0 Å². The Morgan fingerprint density at radius 1 is 1.47 bits per heavy atom. The number of rotatable bonds is 3. The van der Waals surface area contributed by atoms with Gasteiger partial charge in [0.25, 0.3) is 0 Å². The Morgan fingerprint density at radius 3 is 3.07 bits per heavy atom. The van der Waals surface area contributed by atoms with Crippen molar-refractivity contribution < 1.29 is 0 Å². The number of nitrogens with zero attached hydrogens (tertiary/aromatic N) is 1. The monoisotopic (exact) mass is 282 g/mol. The molecule has 0 spiro atoms. The van der Waals surface area contributed by atoms with E-state index in [1.807, 2.05) is 5.51 Å². The van der Waals surface area contributed by atoms with Crippen molar-refractivity contribution in [1.29, 1.82) is 0 Å². The summed E-state index contributed by atoms with van der Waals surface area (Å²) in [6.45, 7) is 2.85. The largest absolute Gasteiger partial charge is 0.378 e. The van der Waals surface area contributed by atoms with Gasteiger partial charge in [-0.15, -0.1) is 11.3 Å². The highest BCUT2D eigenvalue weighted by Crippen LogP contribution is 2.23. The molecule has 0 fully saturated rings. The normalized spacial score (nSPS) is 10.3. The number of aryl methyl sites for hydroxylation is 1. The summed E-state index contributed by atoms with van der Waals surface area (Å²) in [6.07, 6.45) is 0. The van der Waals surface area contributed by atoms with Crippen molar-refractivity contribution in [2.24, 2.45) is 0 Å². The highest BCUT2D eigenvalue weighted by atomic mass is 79.9. The zero-order valence-corrected chi connectivity index (χ0v) is 10.7. The lowest BCUT2D eigenvalue weighted by Gasteiger charge is -2.07. The van der Waals surface area contributed by atoms with Gasteiger partial charge < -0.3 is 5.32 Å². The van der Waals surface area contributed by atoms with E-state index in [1.165, 1.54) is 5.56 Å². The molecule has 1 heterocycles. The second kappa shape index (κ2) is 4.77. The van der Waals surface area contributed by atoms with Crippen LogP contribution < -0.4 is 5.32 Å². The van der Waals surface area contributed by atoms with Crippen LogP contribution >= 0.6 is 27.3 Å². The number of halogens is 1. The van der Waals surface area contributed by atoms with Gasteiger partial charge >= 0.3 is 0 Å². The Kier molecular flexibility index (Phi) is 3.38. The third-order valence-corrected chi connectivity index (χ3v) is 3.39. The van der Waals surface area contributed by atoms with Crippen molar-refractivity contribution in [2.45, 2.75) is 13.5 Å². The topological polar surface area (TPSA) is 24.9 Å². The maximum absolute atomic E-state index is 4.22. The molecule has 0 unspecified atom stereocenters. The fourth-order valence-corrected chi connectivity index (χ4v) is 2.23. The number of hydrogen-bond donors (Lipinski definition) is 1. The van der Waals surface area contributed by atoms with Gasteiger partial charge in [-0.3, -0.25) is 0 Å². The molecular weight excluding hydrogens is 272 g/mol. The highest BCUT2D eigenvalue weighted by Gasteiger charge is 2.00. The average Bonchev–Trinajstić information content (AvgIpc) is 2.72. The Bertz CT molecular complexity index is 440. The Morgan fingerprint density at radius 2 is 2.33 bits per heavy atom. The second-order valence-corrected chi connectivity index (χ2v) is 4.89. The summed E-state index contributed by atoms with van der Waals surface area (Å²) in [5.74, 6) is 0. The lowest BCUT2D eigenvalue weighted by molar-refractivity contribution is 1.07. The van der Waals surface area contributed by atoms with Crippen LogP contribution in [-0.2, 0) is 6.54 Å². The van der Waals surface area contributed by atoms with Gasteiger partial charge in [-0.2, -0.15) is 0 Å². The van der Waals surface area contributed by atoms with E-state index in [-0.39, 0.29) is 0 Å². The molecular formula is C11H11BrN2S. The van der Waals surface area contributed by atoms with Crippen LogP contribution in [0.4, 0.5) is 5.69 Å². The minimum Gasteiger partial charge on any atom is -0.378 e. The van der Waals surface area contributed by atoms with E-state index in [0.29, 0.717) is 0 Å². The van der Waals surface area contributed by atoms with Gasteiger partial charge in [0.2, 0.25) is 0 Å². The standard InChI is InChI=1S/C11H11BrN2S/c1-8-2-3-10(12)11(4-8)13-5-9-6-15-7-14-9/h2-4,6-7,13H,5H2,1H3. The third-order valence-electron chi connectivity index (χ3n) is 2.07. The molecule has 0 aliphatic rings. The molecule has 1 aromatic carbocycles. The molecule has 1 N–H and O–H groups in total. The van der Waals surface area contributed by atoms with Crippen LogP contribution in [0.5, 0.6) is 0 Å². The van der Waals surface area contributed by atoms with Crippen molar-refractivity contribution in [3.05, 3.63) is 44.8 Å². The third kappa shape index (κ3) is 2.79. The highest BCUT2D eigenvalue weighted by molar-refractivity contribution is 9.10. The van der Waals surface area contributed by atoms with Crippen LogP contribution in [0.25, 0.3) is 0 Å². The maximum atomic E-state index is 4.22. The summed E-state index contributed by atoms with van der Waals surface area (Å²) >= 11 is 5.13. The predicted octanol–water partition coefficient (Wildman–Crippen LogP) is 3.83. The van der Waals surface area contributed by atoms with Gasteiger partial charge in [0.05, 0.1) is 17.7 Å². The summed E-state index contributed by atoms with van der Waals surface area (Å²) in [6, 6.07) is 6.26. The zero-order chi connectivity index (χ0) is 10.7. The van der Waals surface area contributed by atoms with Gasteiger partial charge in [-0.25, -0.2) is 4.98 Å². The molecule has 0 saturated heterocycles. The molecule has 2 nitrogen and oxygen atoms in total. The van der Waals surface area contributed by atoms with E-state index >= 15 is 0 Å². The van der Waals surface area contributed by atoms with Crippen LogP contribution in [0, 0.1) is 6.92 Å². The molecule has 78 valence electrons. The Balaban J connectivity index is 2.07. The van der Waals surface area contributed by atoms with Crippen LogP contribution in [0.1, 0.15) is 11.3 Å². The minimum atomic E-state index is 0.769. The van der Waals surface area contributed by atoms with E-state index in [2.05, 4.69) is 56.7 Å². The lowest BCUT2D eigenvalue weighted by atomic mass is 10.2. The molecule has 0 amide bonds. The number of thiazole rings is 1. The first-order chi connectivity index (χ1) is 7.25. The van der Waals surface area contributed by atoms with Gasteiger partial charge in [-0.05, 0) is 40.5 Å². The number of benzene rings is 1. The second-order valence-electron chi connectivity index (χ2n) is 3.32. The van der Waals surface area contributed by atoms with Crippen molar-refractivity contribution >= 4 is 33.0 Å². The number of hydrogen-bond acceptors (Lipinski definition) is 3. The summed E-state index contributed by atoms with van der Waals surface area (Å²) in [7, 11) is 0. The van der Waals surface area contributed by atoms with Gasteiger partial charge in [0, 0.05) is 15.5 Å². The van der Waals surface area contributed by atoms with Crippen LogP contribution in [-0.4, -0.2) is 4.98 Å². The van der Waals surface area contributed by atoms with E-state index in [9.17, 15) is 0 Å². The van der Waals surface area contributed by atoms with E-state index in [0.717, 1.165) is 22.4 Å². The molecule has 0 bridgehead atoms. The van der Waals surface area contributed by atoms with Crippen molar-refractivity contribution in [3.63, 3.8) is 0 Å². The first kappa shape index (κ1) is 10.6. The van der Waals surface area contributed by atoms with Gasteiger partial charge in [-0.1, -0.05) is 6.07 Å². The number of aromatic nitrogens is 1. The first-order valence-electron chi connectivity index (χ1n) is 4.63. The predicted molar refractivity (Wildman–Crippen MR) is 68.3 cm³/mol.